The van der Waals surface area contributed by atoms with Crippen molar-refractivity contribution < 1.29 is 0 Å². The molecule has 8 aromatic rings. The Bertz CT molecular complexity index is 2140. The molecular formula is C38H25NS. The van der Waals surface area contributed by atoms with E-state index in [2.05, 4.69) is 157 Å². The number of hydrogen-bond donors (Lipinski definition) is 0. The molecule has 1 aromatic heterocycles. The van der Waals surface area contributed by atoms with Crippen molar-refractivity contribution in [3.05, 3.63) is 152 Å². The number of fused-ring (bicyclic) bond motifs is 6. The van der Waals surface area contributed by atoms with Crippen molar-refractivity contribution in [3.63, 3.8) is 0 Å². The molecule has 0 aliphatic carbocycles. The largest absolute Gasteiger partial charge is 0.310 e. The first-order valence-electron chi connectivity index (χ1n) is 13.6. The molecule has 1 nitrogen and oxygen atoms in total. The third-order valence-corrected chi connectivity index (χ3v) is 8.96. The van der Waals surface area contributed by atoms with Crippen molar-refractivity contribution in [2.75, 3.05) is 4.90 Å². The number of benzene rings is 7. The highest BCUT2D eigenvalue weighted by molar-refractivity contribution is 7.25. The molecule has 8 rings (SSSR count). The summed E-state index contributed by atoms with van der Waals surface area (Å²) in [5.41, 5.74) is 5.87. The van der Waals surface area contributed by atoms with E-state index in [1.807, 2.05) is 11.3 Å². The van der Waals surface area contributed by atoms with Crippen LogP contribution in [0.3, 0.4) is 0 Å². The van der Waals surface area contributed by atoms with Gasteiger partial charge in [0.25, 0.3) is 0 Å². The van der Waals surface area contributed by atoms with Crippen LogP contribution in [0.25, 0.3) is 52.8 Å². The van der Waals surface area contributed by atoms with Gasteiger partial charge in [0.1, 0.15) is 0 Å². The topological polar surface area (TPSA) is 3.24 Å². The van der Waals surface area contributed by atoms with Crippen LogP contribution in [-0.4, -0.2) is 0 Å². The van der Waals surface area contributed by atoms with Crippen molar-refractivity contribution in [1.82, 2.24) is 0 Å². The van der Waals surface area contributed by atoms with Gasteiger partial charge in [0.05, 0.1) is 0 Å². The molecule has 0 unspecified atom stereocenters. The Kier molecular flexibility index (Phi) is 5.39. The van der Waals surface area contributed by atoms with E-state index in [0.717, 1.165) is 17.1 Å². The second-order valence-electron chi connectivity index (χ2n) is 10.2. The normalized spacial score (nSPS) is 11.5. The predicted molar refractivity (Wildman–Crippen MR) is 174 cm³/mol. The molecule has 1 heterocycles. The van der Waals surface area contributed by atoms with Crippen LogP contribution in [0.1, 0.15) is 0 Å². The predicted octanol–water partition coefficient (Wildman–Crippen LogP) is 11.5. The van der Waals surface area contributed by atoms with Crippen LogP contribution in [-0.2, 0) is 0 Å². The SMILES string of the molecule is c1ccc(-c2ccc(N(c3ccccc3)c3ccc4c(ccc5cc6c(cc54)sc4ccccc46)c3)cc2)cc1. The van der Waals surface area contributed by atoms with Gasteiger partial charge in [-0.15, -0.1) is 11.3 Å². The van der Waals surface area contributed by atoms with E-state index < -0.39 is 0 Å². The Hall–Kier alpha value is -4.92. The van der Waals surface area contributed by atoms with Crippen molar-refractivity contribution in [2.24, 2.45) is 0 Å². The van der Waals surface area contributed by atoms with Gasteiger partial charge < -0.3 is 4.90 Å². The molecular weight excluding hydrogens is 502 g/mol. The van der Waals surface area contributed by atoms with Gasteiger partial charge >= 0.3 is 0 Å². The maximum atomic E-state index is 2.38. The molecule has 0 saturated carbocycles. The first kappa shape index (κ1) is 23.0. The minimum Gasteiger partial charge on any atom is -0.310 e. The highest BCUT2D eigenvalue weighted by Gasteiger charge is 2.14. The smallest absolute Gasteiger partial charge is 0.0468 e. The van der Waals surface area contributed by atoms with Gasteiger partial charge in [-0.05, 0) is 87.3 Å². The van der Waals surface area contributed by atoms with Gasteiger partial charge in [-0.2, -0.15) is 0 Å². The summed E-state index contributed by atoms with van der Waals surface area (Å²) < 4.78 is 2.69. The summed E-state index contributed by atoms with van der Waals surface area (Å²) in [6.45, 7) is 0. The van der Waals surface area contributed by atoms with E-state index in [1.54, 1.807) is 0 Å². The lowest BCUT2D eigenvalue weighted by Crippen LogP contribution is -2.09. The molecule has 0 spiro atoms. The number of nitrogens with zero attached hydrogens (tertiary/aromatic N) is 1. The second kappa shape index (κ2) is 9.37. The fraction of sp³-hybridized carbons (Fsp3) is 0. The summed E-state index contributed by atoms with van der Waals surface area (Å²) in [5.74, 6) is 0. The van der Waals surface area contributed by atoms with Crippen molar-refractivity contribution in [1.29, 1.82) is 0 Å². The van der Waals surface area contributed by atoms with Gasteiger partial charge in [0.2, 0.25) is 0 Å². The van der Waals surface area contributed by atoms with Gasteiger partial charge in [0, 0.05) is 37.2 Å². The molecule has 0 saturated heterocycles. The summed E-state index contributed by atoms with van der Waals surface area (Å²) in [5, 5.41) is 7.81. The Labute approximate surface area is 237 Å². The number of anilines is 3. The number of thiophene rings is 1. The first-order valence-corrected chi connectivity index (χ1v) is 14.4. The van der Waals surface area contributed by atoms with E-state index in [-0.39, 0.29) is 0 Å². The quantitative estimate of drug-likeness (QED) is 0.206. The highest BCUT2D eigenvalue weighted by atomic mass is 32.1. The van der Waals surface area contributed by atoms with Crippen LogP contribution in [0.15, 0.2) is 152 Å². The van der Waals surface area contributed by atoms with Gasteiger partial charge in [-0.25, -0.2) is 0 Å². The number of hydrogen-bond acceptors (Lipinski definition) is 2. The van der Waals surface area contributed by atoms with E-state index >= 15 is 0 Å². The fourth-order valence-electron chi connectivity index (χ4n) is 5.87. The molecule has 188 valence electrons. The maximum absolute atomic E-state index is 2.38. The standard InChI is InChI=1S/C38H25NS/c1-3-9-26(10-4-1)27-17-19-31(20-18-27)39(30-11-5-2-6-12-30)32-21-22-33-28(23-32)15-16-29-24-36-34-13-7-8-14-37(34)40-38(36)25-35(29)33/h1-25H. The summed E-state index contributed by atoms with van der Waals surface area (Å²) >= 11 is 1.88. The summed E-state index contributed by atoms with van der Waals surface area (Å²) in [7, 11) is 0. The van der Waals surface area contributed by atoms with E-state index in [0.29, 0.717) is 0 Å². The van der Waals surface area contributed by atoms with E-state index in [1.165, 1.54) is 52.8 Å². The van der Waals surface area contributed by atoms with Crippen molar-refractivity contribution in [3.8, 4) is 11.1 Å². The minimum absolute atomic E-state index is 1.14. The third-order valence-electron chi connectivity index (χ3n) is 7.82. The summed E-state index contributed by atoms with van der Waals surface area (Å²) in [6, 6.07) is 54.9. The Balaban J connectivity index is 1.26. The van der Waals surface area contributed by atoms with Crippen molar-refractivity contribution in [2.45, 2.75) is 0 Å². The average molecular weight is 528 g/mol. The van der Waals surface area contributed by atoms with Gasteiger partial charge in [0.15, 0.2) is 0 Å². The van der Waals surface area contributed by atoms with E-state index in [4.69, 9.17) is 0 Å². The molecule has 40 heavy (non-hydrogen) atoms. The maximum Gasteiger partial charge on any atom is 0.0468 e. The number of para-hydroxylation sites is 1. The lowest BCUT2D eigenvalue weighted by atomic mass is 9.99. The Morgan fingerprint density at radius 2 is 0.975 bits per heavy atom. The zero-order chi connectivity index (χ0) is 26.5. The molecule has 0 aliphatic heterocycles. The van der Waals surface area contributed by atoms with Crippen LogP contribution in [0.2, 0.25) is 0 Å². The third kappa shape index (κ3) is 3.85. The molecule has 0 radical (unpaired) electrons. The first-order chi connectivity index (χ1) is 19.8. The molecule has 0 amide bonds. The molecule has 0 N–H and O–H groups in total. The van der Waals surface area contributed by atoms with Crippen LogP contribution in [0, 0.1) is 0 Å². The van der Waals surface area contributed by atoms with Crippen LogP contribution in [0.5, 0.6) is 0 Å². The van der Waals surface area contributed by atoms with Crippen molar-refractivity contribution >= 4 is 70.1 Å². The zero-order valence-corrected chi connectivity index (χ0v) is 22.6. The van der Waals surface area contributed by atoms with Gasteiger partial charge in [-0.3, -0.25) is 0 Å². The summed E-state index contributed by atoms with van der Waals surface area (Å²) in [4.78, 5) is 2.34. The zero-order valence-electron chi connectivity index (χ0n) is 21.8. The lowest BCUT2D eigenvalue weighted by molar-refractivity contribution is 1.29. The minimum atomic E-state index is 1.14. The van der Waals surface area contributed by atoms with Crippen LogP contribution < -0.4 is 4.90 Å². The Morgan fingerprint density at radius 1 is 0.350 bits per heavy atom. The fourth-order valence-corrected chi connectivity index (χ4v) is 7.00. The van der Waals surface area contributed by atoms with E-state index in [9.17, 15) is 0 Å². The number of rotatable bonds is 4. The Morgan fingerprint density at radius 3 is 1.77 bits per heavy atom. The molecule has 2 heteroatoms. The van der Waals surface area contributed by atoms with Crippen LogP contribution >= 0.6 is 11.3 Å². The molecule has 0 bridgehead atoms. The molecule has 0 fully saturated rings. The van der Waals surface area contributed by atoms with Crippen LogP contribution in [0.4, 0.5) is 17.1 Å². The lowest BCUT2D eigenvalue weighted by Gasteiger charge is -2.26. The average Bonchev–Trinajstić information content (AvgIpc) is 3.39. The van der Waals surface area contributed by atoms with Gasteiger partial charge in [-0.1, -0.05) is 97.1 Å². The molecule has 7 aromatic carbocycles. The summed E-state index contributed by atoms with van der Waals surface area (Å²) in [6.07, 6.45) is 0. The molecule has 0 aliphatic rings. The monoisotopic (exact) mass is 527 g/mol. The second-order valence-corrected chi connectivity index (χ2v) is 11.3. The molecule has 0 atom stereocenters. The highest BCUT2D eigenvalue weighted by Crippen LogP contribution is 2.41.